The molecular weight excluding hydrogens is 1030 g/mol. The SMILES string of the molecule is CCCCCCCCCCCCOc1ccc(-c2c3nc(c(-c4ccc(C(=O)O)cc4)c4ccc(s4)c(-c4ccc(C(=O)O)cc4)c4nc(c(-c5ccc(OCCCCCCCCCCCC)cc5)c5ccc2s5)C=C4)C=C3)cc1. The molecule has 10 heteroatoms. The molecule has 0 fully saturated rings. The minimum atomic E-state index is -0.993. The van der Waals surface area contributed by atoms with Crippen molar-refractivity contribution >= 4 is 77.7 Å². The number of carboxylic acids is 2. The highest BCUT2D eigenvalue weighted by atomic mass is 32.1. The Bertz CT molecular complexity index is 3190. The molecular formula is C70H76N2O6S2. The molecule has 0 spiro atoms. The van der Waals surface area contributed by atoms with Crippen molar-refractivity contribution in [2.75, 3.05) is 13.2 Å². The number of benzene rings is 4. The van der Waals surface area contributed by atoms with Crippen LogP contribution in [0, 0.1) is 0 Å². The molecule has 8 bridgehead atoms. The van der Waals surface area contributed by atoms with Crippen LogP contribution in [0.15, 0.2) is 121 Å². The topological polar surface area (TPSA) is 119 Å². The van der Waals surface area contributed by atoms with Gasteiger partial charge in [-0.25, -0.2) is 19.6 Å². The van der Waals surface area contributed by atoms with Gasteiger partial charge in [0.1, 0.15) is 11.5 Å². The summed E-state index contributed by atoms with van der Waals surface area (Å²) in [6, 6.07) is 39.3. The van der Waals surface area contributed by atoms with E-state index in [1.165, 1.54) is 116 Å². The van der Waals surface area contributed by atoms with Crippen molar-refractivity contribution in [1.82, 2.24) is 9.97 Å². The maximum atomic E-state index is 12.1. The maximum absolute atomic E-state index is 12.1. The largest absolute Gasteiger partial charge is 0.494 e. The number of aromatic carboxylic acids is 2. The lowest BCUT2D eigenvalue weighted by atomic mass is 10.0. The zero-order valence-electron chi connectivity index (χ0n) is 46.7. The van der Waals surface area contributed by atoms with Gasteiger partial charge in [0, 0.05) is 41.1 Å². The fourth-order valence-electron chi connectivity index (χ4n) is 10.7. The summed E-state index contributed by atoms with van der Waals surface area (Å²) in [4.78, 5) is 35.1. The van der Waals surface area contributed by atoms with Gasteiger partial charge in [0.15, 0.2) is 0 Å². The molecule has 7 aromatic rings. The van der Waals surface area contributed by atoms with Crippen LogP contribution >= 0.6 is 22.7 Å². The molecule has 9 rings (SSSR count). The van der Waals surface area contributed by atoms with Crippen molar-refractivity contribution in [2.24, 2.45) is 0 Å². The lowest BCUT2D eigenvalue weighted by Gasteiger charge is -2.09. The number of thiophene rings is 2. The highest BCUT2D eigenvalue weighted by Gasteiger charge is 2.20. The molecule has 5 heterocycles. The molecule has 8 nitrogen and oxygen atoms in total. The Balaban J connectivity index is 1.11. The first-order valence-corrected chi connectivity index (χ1v) is 31.0. The summed E-state index contributed by atoms with van der Waals surface area (Å²) in [7, 11) is 0. The molecule has 2 N–H and O–H groups in total. The molecule has 0 saturated carbocycles. The lowest BCUT2D eigenvalue weighted by Crippen LogP contribution is -1.97. The van der Waals surface area contributed by atoms with Crippen LogP contribution in [0.4, 0.5) is 0 Å². The number of ether oxygens (including phenoxy) is 2. The summed E-state index contributed by atoms with van der Waals surface area (Å²) in [6.07, 6.45) is 33.8. The van der Waals surface area contributed by atoms with E-state index in [-0.39, 0.29) is 11.1 Å². The second kappa shape index (κ2) is 29.4. The molecule has 3 aromatic heterocycles. The summed E-state index contributed by atoms with van der Waals surface area (Å²) >= 11 is 3.29. The van der Waals surface area contributed by atoms with Crippen LogP contribution in [0.2, 0.25) is 0 Å². The summed E-state index contributed by atoms with van der Waals surface area (Å²) in [5.41, 5.74) is 10.9. The van der Waals surface area contributed by atoms with Crippen molar-refractivity contribution in [3.05, 3.63) is 155 Å². The fraction of sp³-hybridized carbons (Fsp3) is 0.343. The Morgan fingerprint density at radius 3 is 0.863 bits per heavy atom. The van der Waals surface area contributed by atoms with Crippen molar-refractivity contribution in [2.45, 2.75) is 142 Å². The Kier molecular flexibility index (Phi) is 21.1. The summed E-state index contributed by atoms with van der Waals surface area (Å²) in [5.74, 6) is -0.303. The van der Waals surface area contributed by atoms with E-state index in [4.69, 9.17) is 19.4 Å². The van der Waals surface area contributed by atoms with Gasteiger partial charge in [-0.3, -0.25) is 0 Å². The highest BCUT2D eigenvalue weighted by Crippen LogP contribution is 2.43. The zero-order chi connectivity index (χ0) is 55.5. The van der Waals surface area contributed by atoms with E-state index >= 15 is 0 Å². The van der Waals surface area contributed by atoms with E-state index in [0.717, 1.165) is 110 Å². The van der Waals surface area contributed by atoms with Crippen LogP contribution < -0.4 is 9.47 Å². The van der Waals surface area contributed by atoms with Gasteiger partial charge in [-0.1, -0.05) is 178 Å². The van der Waals surface area contributed by atoms with Gasteiger partial charge in [0.25, 0.3) is 0 Å². The van der Waals surface area contributed by atoms with Crippen molar-refractivity contribution in [3.8, 4) is 56.0 Å². The molecule has 0 unspecified atom stereocenters. The van der Waals surface area contributed by atoms with Crippen LogP contribution in [0.25, 0.3) is 87.6 Å². The van der Waals surface area contributed by atoms with Gasteiger partial charge in [-0.05, 0) is 132 Å². The second-order valence-corrected chi connectivity index (χ2v) is 23.3. The van der Waals surface area contributed by atoms with Gasteiger partial charge in [-0.15, -0.1) is 22.7 Å². The fourth-order valence-corrected chi connectivity index (χ4v) is 13.0. The molecule has 0 saturated heterocycles. The van der Waals surface area contributed by atoms with E-state index in [1.54, 1.807) is 46.9 Å². The van der Waals surface area contributed by atoms with E-state index in [0.29, 0.717) is 13.2 Å². The normalized spacial score (nSPS) is 11.8. The first kappa shape index (κ1) is 57.5. The number of rotatable bonds is 30. The average Bonchev–Trinajstić information content (AvgIpc) is 4.37. The molecule has 2 aliphatic rings. The Labute approximate surface area is 481 Å². The smallest absolute Gasteiger partial charge is 0.335 e. The Morgan fingerprint density at radius 1 is 0.350 bits per heavy atom. The van der Waals surface area contributed by atoms with Crippen LogP contribution in [-0.4, -0.2) is 45.3 Å². The predicted octanol–water partition coefficient (Wildman–Crippen LogP) is 20.8. The number of unbranched alkanes of at least 4 members (excludes halogenated alkanes) is 18. The van der Waals surface area contributed by atoms with Crippen molar-refractivity contribution in [1.29, 1.82) is 0 Å². The first-order valence-electron chi connectivity index (χ1n) is 29.4. The standard InChI is InChI=1S/C70H76N2O6S2/c1-3-5-7-9-11-13-15-17-19-21-47-77-55-35-31-51(32-36-55)67-59-41-39-57(71-59)65(49-23-27-53(28-24-49)69(73)74)61-43-44-62(79-61)66(50-25-29-54(30-26-50)70(75)76)58-40-42-60(72-58)68(64-46-45-63(67)80-64)52-33-37-56(38-34-52)78-48-22-20-18-16-14-12-10-8-6-4-2/h23-46H,3-22,47-48H2,1-2H3,(H,73,74)(H,75,76). The number of aromatic nitrogens is 2. The third-order valence-corrected chi connectivity index (χ3v) is 17.4. The molecule has 0 amide bonds. The zero-order valence-corrected chi connectivity index (χ0v) is 48.3. The monoisotopic (exact) mass is 1100 g/mol. The number of hydrogen-bond donors (Lipinski definition) is 2. The Morgan fingerprint density at radius 2 is 0.600 bits per heavy atom. The third kappa shape index (κ3) is 15.2. The molecule has 0 atom stereocenters. The highest BCUT2D eigenvalue weighted by molar-refractivity contribution is 7.24. The summed E-state index contributed by atoms with van der Waals surface area (Å²) < 4.78 is 16.6. The molecule has 2 aliphatic heterocycles. The van der Waals surface area contributed by atoms with E-state index in [2.05, 4.69) is 111 Å². The number of hydrogen-bond acceptors (Lipinski definition) is 8. The molecule has 80 heavy (non-hydrogen) atoms. The Hall–Kier alpha value is -7.14. The lowest BCUT2D eigenvalue weighted by molar-refractivity contribution is 0.0686. The quantitative estimate of drug-likeness (QED) is 0.0428. The maximum Gasteiger partial charge on any atom is 0.335 e. The van der Waals surface area contributed by atoms with Gasteiger partial charge >= 0.3 is 11.9 Å². The van der Waals surface area contributed by atoms with Gasteiger partial charge in [0.2, 0.25) is 0 Å². The minimum Gasteiger partial charge on any atom is -0.494 e. The van der Waals surface area contributed by atoms with E-state index in [9.17, 15) is 19.8 Å². The van der Waals surface area contributed by atoms with Crippen LogP contribution in [0.1, 0.15) is 186 Å². The van der Waals surface area contributed by atoms with Gasteiger partial charge in [0.05, 0.1) is 47.1 Å². The molecule has 0 aliphatic carbocycles. The van der Waals surface area contributed by atoms with Crippen LogP contribution in [0.5, 0.6) is 11.5 Å². The molecule has 4 aromatic carbocycles. The number of nitrogens with zero attached hydrogens (tertiary/aromatic N) is 2. The summed E-state index contributed by atoms with van der Waals surface area (Å²) in [6.45, 7) is 5.91. The molecule has 0 radical (unpaired) electrons. The number of carbonyl (C=O) groups is 2. The van der Waals surface area contributed by atoms with Gasteiger partial charge in [-0.2, -0.15) is 0 Å². The predicted molar refractivity (Wildman–Crippen MR) is 336 cm³/mol. The number of fused-ring (bicyclic) bond motifs is 8. The van der Waals surface area contributed by atoms with Crippen molar-refractivity contribution < 1.29 is 29.3 Å². The first-order chi connectivity index (χ1) is 39.3. The van der Waals surface area contributed by atoms with E-state index in [1.807, 2.05) is 24.3 Å². The van der Waals surface area contributed by atoms with E-state index < -0.39 is 11.9 Å². The van der Waals surface area contributed by atoms with Crippen LogP contribution in [-0.2, 0) is 0 Å². The third-order valence-electron chi connectivity index (χ3n) is 15.2. The van der Waals surface area contributed by atoms with Crippen LogP contribution in [0.3, 0.4) is 0 Å². The van der Waals surface area contributed by atoms with Gasteiger partial charge < -0.3 is 19.7 Å². The average molecular weight is 1110 g/mol. The van der Waals surface area contributed by atoms with Crippen molar-refractivity contribution in [3.63, 3.8) is 0 Å². The minimum absolute atomic E-state index is 0.198. The second-order valence-electron chi connectivity index (χ2n) is 21.1. The molecule has 414 valence electrons. The number of carboxylic acid groups (broad SMARTS) is 2. The summed E-state index contributed by atoms with van der Waals surface area (Å²) in [5, 5.41) is 19.8.